The van der Waals surface area contributed by atoms with Gasteiger partial charge in [-0.2, -0.15) is 8.78 Å². The van der Waals surface area contributed by atoms with Crippen LogP contribution < -0.4 is 0 Å². The van der Waals surface area contributed by atoms with Gasteiger partial charge in [-0.3, -0.25) is 0 Å². The minimum absolute atomic E-state index is 0.0796. The summed E-state index contributed by atoms with van der Waals surface area (Å²) in [6, 6.07) is 10.7. The Balaban J connectivity index is 2.44. The van der Waals surface area contributed by atoms with E-state index in [9.17, 15) is 18.3 Å². The molecule has 2 aromatic rings. The van der Waals surface area contributed by atoms with E-state index in [-0.39, 0.29) is 11.1 Å². The van der Waals surface area contributed by atoms with Gasteiger partial charge < -0.3 is 5.11 Å². The van der Waals surface area contributed by atoms with E-state index in [2.05, 4.69) is 15.9 Å². The summed E-state index contributed by atoms with van der Waals surface area (Å²) in [5, 5.41) is 10.2. The predicted molar refractivity (Wildman–Crippen MR) is 69.7 cm³/mol. The predicted octanol–water partition coefficient (Wildman–Crippen LogP) is 4.35. The van der Waals surface area contributed by atoms with Crippen molar-refractivity contribution in [3.05, 3.63) is 71.0 Å². The molecule has 5 heteroatoms. The second-order valence-electron chi connectivity index (χ2n) is 4.04. The topological polar surface area (TPSA) is 20.2 Å². The fourth-order valence-electron chi connectivity index (χ4n) is 1.82. The molecule has 0 saturated carbocycles. The van der Waals surface area contributed by atoms with Gasteiger partial charge in [0.2, 0.25) is 0 Å². The summed E-state index contributed by atoms with van der Waals surface area (Å²) in [5.74, 6) is -0.449. The zero-order chi connectivity index (χ0) is 14.0. The van der Waals surface area contributed by atoms with Crippen LogP contribution in [0.5, 0.6) is 0 Å². The van der Waals surface area contributed by atoms with Gasteiger partial charge in [0.05, 0.1) is 0 Å². The highest BCUT2D eigenvalue weighted by atomic mass is 79.9. The van der Waals surface area contributed by atoms with E-state index in [1.165, 1.54) is 42.5 Å². The van der Waals surface area contributed by atoms with Crippen molar-refractivity contribution in [2.75, 3.05) is 0 Å². The molecule has 0 aliphatic heterocycles. The molecular formula is C14H10BrF3O. The van der Waals surface area contributed by atoms with E-state index in [1.807, 2.05) is 0 Å². The van der Waals surface area contributed by atoms with Crippen molar-refractivity contribution in [2.45, 2.75) is 10.9 Å². The van der Waals surface area contributed by atoms with Gasteiger partial charge in [0.15, 0.2) is 0 Å². The fraction of sp³-hybridized carbons (Fsp3) is 0.143. The second kappa shape index (κ2) is 5.35. The molecule has 0 heterocycles. The zero-order valence-electron chi connectivity index (χ0n) is 9.66. The van der Waals surface area contributed by atoms with Crippen molar-refractivity contribution < 1.29 is 18.3 Å². The Bertz CT molecular complexity index is 564. The average molecular weight is 331 g/mol. The van der Waals surface area contributed by atoms with Crippen LogP contribution in [0.4, 0.5) is 13.2 Å². The molecule has 0 spiro atoms. The standard InChI is InChI=1S/C14H10BrF3O/c15-14(17,18)12-4-2-1-3-11(12)13(19)9-5-7-10(16)8-6-9/h1-8,13,19H. The van der Waals surface area contributed by atoms with Crippen molar-refractivity contribution in [2.24, 2.45) is 0 Å². The second-order valence-corrected chi connectivity index (χ2v) is 5.04. The Morgan fingerprint density at radius 2 is 1.58 bits per heavy atom. The van der Waals surface area contributed by atoms with Gasteiger partial charge in [-0.25, -0.2) is 4.39 Å². The molecule has 0 aromatic heterocycles. The van der Waals surface area contributed by atoms with E-state index in [0.29, 0.717) is 5.56 Å². The molecule has 2 rings (SSSR count). The molecule has 1 unspecified atom stereocenters. The van der Waals surface area contributed by atoms with Gasteiger partial charge in [-0.1, -0.05) is 36.4 Å². The molecule has 1 N–H and O–H groups in total. The van der Waals surface area contributed by atoms with E-state index in [0.717, 1.165) is 0 Å². The first-order valence-corrected chi connectivity index (χ1v) is 6.28. The Morgan fingerprint density at radius 3 is 2.16 bits per heavy atom. The smallest absolute Gasteiger partial charge is 0.327 e. The third-order valence-electron chi connectivity index (χ3n) is 2.75. The number of hydrogen-bond acceptors (Lipinski definition) is 1. The van der Waals surface area contributed by atoms with Crippen LogP contribution in [0.3, 0.4) is 0 Å². The molecule has 100 valence electrons. The van der Waals surface area contributed by atoms with Crippen LogP contribution in [-0.4, -0.2) is 5.11 Å². The molecule has 0 fully saturated rings. The maximum atomic E-state index is 13.4. The molecular weight excluding hydrogens is 321 g/mol. The van der Waals surface area contributed by atoms with Crippen LogP contribution in [0.2, 0.25) is 0 Å². The molecule has 0 aliphatic rings. The Kier molecular flexibility index (Phi) is 3.96. The first-order valence-electron chi connectivity index (χ1n) is 5.49. The number of halogens is 4. The molecule has 0 radical (unpaired) electrons. The molecule has 1 nitrogen and oxygen atoms in total. The summed E-state index contributed by atoms with van der Waals surface area (Å²) in [6.45, 7) is 0. The van der Waals surface area contributed by atoms with Gasteiger partial charge in [0.25, 0.3) is 0 Å². The third-order valence-corrected chi connectivity index (χ3v) is 3.17. The highest BCUT2D eigenvalue weighted by molar-refractivity contribution is 9.09. The minimum atomic E-state index is -3.23. The number of hydrogen-bond donors (Lipinski definition) is 1. The molecule has 0 aliphatic carbocycles. The maximum Gasteiger partial charge on any atom is 0.327 e. The number of alkyl halides is 3. The highest BCUT2D eigenvalue weighted by Gasteiger charge is 2.31. The van der Waals surface area contributed by atoms with Gasteiger partial charge in [0, 0.05) is 5.56 Å². The number of benzene rings is 2. The number of rotatable bonds is 3. The zero-order valence-corrected chi connectivity index (χ0v) is 11.2. The Labute approximate surface area is 116 Å². The number of aliphatic hydroxyl groups excluding tert-OH is 1. The van der Waals surface area contributed by atoms with Crippen LogP contribution in [-0.2, 0) is 4.83 Å². The summed E-state index contributed by atoms with van der Waals surface area (Å²) < 4.78 is 39.6. The molecule has 0 bridgehead atoms. The van der Waals surface area contributed by atoms with Crippen LogP contribution in [0.25, 0.3) is 0 Å². The summed E-state index contributed by atoms with van der Waals surface area (Å²) in [7, 11) is 0. The highest BCUT2D eigenvalue weighted by Crippen LogP contribution is 2.39. The van der Waals surface area contributed by atoms with Crippen LogP contribution >= 0.6 is 15.9 Å². The quantitative estimate of drug-likeness (QED) is 0.829. The van der Waals surface area contributed by atoms with Crippen molar-refractivity contribution >= 4 is 15.9 Å². The maximum absolute atomic E-state index is 13.4. The normalized spacial score (nSPS) is 13.3. The van der Waals surface area contributed by atoms with E-state index in [1.54, 1.807) is 6.07 Å². The van der Waals surface area contributed by atoms with Gasteiger partial charge >= 0.3 is 4.83 Å². The molecule has 2 aromatic carbocycles. The lowest BCUT2D eigenvalue weighted by molar-refractivity contribution is 0.109. The van der Waals surface area contributed by atoms with Crippen molar-refractivity contribution in [1.29, 1.82) is 0 Å². The SMILES string of the molecule is OC(c1ccc(F)cc1)c1ccccc1C(F)(F)Br. The molecule has 0 saturated heterocycles. The van der Waals surface area contributed by atoms with Crippen molar-refractivity contribution in [1.82, 2.24) is 0 Å². The van der Waals surface area contributed by atoms with Crippen molar-refractivity contribution in [3.8, 4) is 0 Å². The molecule has 1 atom stereocenters. The first-order chi connectivity index (χ1) is 8.89. The summed E-state index contributed by atoms with van der Waals surface area (Å²) in [6.07, 6.45) is -1.24. The van der Waals surface area contributed by atoms with Gasteiger partial charge in [-0.05, 0) is 39.2 Å². The summed E-state index contributed by atoms with van der Waals surface area (Å²) in [5.41, 5.74) is 0.119. The fourth-order valence-corrected chi connectivity index (χ4v) is 2.18. The number of aliphatic hydroxyl groups is 1. The third kappa shape index (κ3) is 3.16. The van der Waals surface area contributed by atoms with Gasteiger partial charge in [-0.15, -0.1) is 0 Å². The summed E-state index contributed by atoms with van der Waals surface area (Å²) in [4.78, 5) is -3.23. The van der Waals surface area contributed by atoms with Crippen molar-refractivity contribution in [3.63, 3.8) is 0 Å². The van der Waals surface area contributed by atoms with Crippen LogP contribution in [0, 0.1) is 5.82 Å². The average Bonchev–Trinajstić information content (AvgIpc) is 2.38. The lowest BCUT2D eigenvalue weighted by Gasteiger charge is -2.18. The van der Waals surface area contributed by atoms with E-state index in [4.69, 9.17) is 0 Å². The Hall–Kier alpha value is -1.33. The lowest BCUT2D eigenvalue weighted by atomic mass is 9.97. The lowest BCUT2D eigenvalue weighted by Crippen LogP contribution is -2.11. The van der Waals surface area contributed by atoms with E-state index >= 15 is 0 Å². The van der Waals surface area contributed by atoms with Crippen LogP contribution in [0.1, 0.15) is 22.8 Å². The molecule has 0 amide bonds. The van der Waals surface area contributed by atoms with E-state index < -0.39 is 16.8 Å². The Morgan fingerprint density at radius 1 is 1.00 bits per heavy atom. The monoisotopic (exact) mass is 330 g/mol. The van der Waals surface area contributed by atoms with Gasteiger partial charge in [0.1, 0.15) is 11.9 Å². The first kappa shape index (κ1) is 14.1. The minimum Gasteiger partial charge on any atom is -0.384 e. The summed E-state index contributed by atoms with van der Waals surface area (Å²) >= 11 is 2.29. The largest absolute Gasteiger partial charge is 0.384 e. The molecule has 19 heavy (non-hydrogen) atoms. The van der Waals surface area contributed by atoms with Crippen LogP contribution in [0.15, 0.2) is 48.5 Å².